The van der Waals surface area contributed by atoms with E-state index in [-0.39, 0.29) is 27.0 Å². The summed E-state index contributed by atoms with van der Waals surface area (Å²) in [7, 11) is 0. The Hall–Kier alpha value is -1.89. The van der Waals surface area contributed by atoms with Crippen molar-refractivity contribution < 1.29 is 13.2 Å². The highest BCUT2D eigenvalue weighted by molar-refractivity contribution is 6.42. The van der Waals surface area contributed by atoms with Crippen LogP contribution in [0, 0.1) is 0 Å². The van der Waals surface area contributed by atoms with Gasteiger partial charge in [0, 0.05) is 5.02 Å². The van der Waals surface area contributed by atoms with Crippen LogP contribution in [0.1, 0.15) is 5.69 Å². The van der Waals surface area contributed by atoms with Crippen LogP contribution in [0.4, 0.5) is 19.0 Å². The Morgan fingerprint density at radius 1 is 0.920 bits per heavy atom. The summed E-state index contributed by atoms with van der Waals surface area (Å²) < 4.78 is 41.4. The second kappa shape index (κ2) is 6.44. The maximum atomic E-state index is 13.5. The van der Waals surface area contributed by atoms with Crippen molar-refractivity contribution in [3.63, 3.8) is 0 Å². The molecule has 0 spiro atoms. The monoisotopic (exact) mass is 405 g/mol. The fourth-order valence-electron chi connectivity index (χ4n) is 2.34. The summed E-state index contributed by atoms with van der Waals surface area (Å²) in [5.74, 6) is -0.173. The standard InChI is InChI=1S/C16H9Cl3F3N3/c17-9-2-4-10(5-3-9)25-15(23)13(14(24-25)16(20,21)22)8-1-6-11(18)12(19)7-8/h1-7H,23H2. The van der Waals surface area contributed by atoms with Gasteiger partial charge < -0.3 is 5.73 Å². The number of rotatable bonds is 2. The normalized spacial score (nSPS) is 11.8. The van der Waals surface area contributed by atoms with Crippen LogP contribution in [0.3, 0.4) is 0 Å². The van der Waals surface area contributed by atoms with Gasteiger partial charge >= 0.3 is 6.18 Å². The molecule has 0 amide bonds. The molecule has 0 unspecified atom stereocenters. The number of benzene rings is 2. The minimum atomic E-state index is -4.70. The lowest BCUT2D eigenvalue weighted by Gasteiger charge is -2.08. The average molecular weight is 407 g/mol. The van der Waals surface area contributed by atoms with E-state index in [0.29, 0.717) is 10.7 Å². The van der Waals surface area contributed by atoms with E-state index in [0.717, 1.165) is 4.68 Å². The van der Waals surface area contributed by atoms with Crippen molar-refractivity contribution in [2.45, 2.75) is 6.18 Å². The van der Waals surface area contributed by atoms with Crippen molar-refractivity contribution >= 4 is 40.6 Å². The molecule has 0 aliphatic carbocycles. The summed E-state index contributed by atoms with van der Waals surface area (Å²) in [6, 6.07) is 10.2. The lowest BCUT2D eigenvalue weighted by molar-refractivity contribution is -0.140. The summed E-state index contributed by atoms with van der Waals surface area (Å²) >= 11 is 17.6. The van der Waals surface area contributed by atoms with Gasteiger partial charge in [-0.1, -0.05) is 40.9 Å². The van der Waals surface area contributed by atoms with Crippen molar-refractivity contribution in [3.8, 4) is 16.8 Å². The molecule has 0 aliphatic heterocycles. The third-order valence-corrected chi connectivity index (χ3v) is 4.46. The summed E-state index contributed by atoms with van der Waals surface area (Å²) in [4.78, 5) is 0. The topological polar surface area (TPSA) is 43.8 Å². The van der Waals surface area contributed by atoms with Crippen LogP contribution >= 0.6 is 34.8 Å². The Labute approximate surface area is 155 Å². The second-order valence-electron chi connectivity index (χ2n) is 5.12. The molecule has 2 N–H and O–H groups in total. The van der Waals surface area contributed by atoms with Crippen LogP contribution in [-0.2, 0) is 6.18 Å². The van der Waals surface area contributed by atoms with Crippen LogP contribution in [0.5, 0.6) is 0 Å². The molecule has 3 rings (SSSR count). The number of nitrogens with two attached hydrogens (primary N) is 1. The van der Waals surface area contributed by atoms with Crippen molar-refractivity contribution in [2.75, 3.05) is 5.73 Å². The highest BCUT2D eigenvalue weighted by Crippen LogP contribution is 2.42. The van der Waals surface area contributed by atoms with Crippen molar-refractivity contribution in [2.24, 2.45) is 0 Å². The number of nitrogens with zero attached hydrogens (tertiary/aromatic N) is 2. The zero-order chi connectivity index (χ0) is 18.4. The molecule has 0 fully saturated rings. The Bertz CT molecular complexity index is 934. The molecule has 130 valence electrons. The highest BCUT2D eigenvalue weighted by Gasteiger charge is 2.39. The maximum Gasteiger partial charge on any atom is 0.435 e. The van der Waals surface area contributed by atoms with Gasteiger partial charge in [0.1, 0.15) is 5.82 Å². The molecule has 0 atom stereocenters. The molecular formula is C16H9Cl3F3N3. The lowest BCUT2D eigenvalue weighted by Crippen LogP contribution is -2.08. The highest BCUT2D eigenvalue weighted by atomic mass is 35.5. The molecule has 2 aromatic carbocycles. The third kappa shape index (κ3) is 3.42. The first-order valence-electron chi connectivity index (χ1n) is 6.85. The van der Waals surface area contributed by atoms with Gasteiger partial charge in [-0.15, -0.1) is 0 Å². The van der Waals surface area contributed by atoms with Crippen LogP contribution in [0.25, 0.3) is 16.8 Å². The van der Waals surface area contributed by atoms with E-state index >= 15 is 0 Å². The fraction of sp³-hybridized carbons (Fsp3) is 0.0625. The molecule has 25 heavy (non-hydrogen) atoms. The van der Waals surface area contributed by atoms with E-state index in [1.54, 1.807) is 0 Å². The summed E-state index contributed by atoms with van der Waals surface area (Å²) in [5.41, 5.74) is 5.12. The van der Waals surface area contributed by atoms with E-state index in [2.05, 4.69) is 5.10 Å². The Morgan fingerprint density at radius 2 is 1.56 bits per heavy atom. The molecule has 9 heteroatoms. The largest absolute Gasteiger partial charge is 0.435 e. The van der Waals surface area contributed by atoms with E-state index in [1.807, 2.05) is 0 Å². The Balaban J connectivity index is 2.26. The zero-order valence-electron chi connectivity index (χ0n) is 12.3. The van der Waals surface area contributed by atoms with Crippen molar-refractivity contribution in [3.05, 3.63) is 63.2 Å². The van der Waals surface area contributed by atoms with Gasteiger partial charge in [-0.05, 0) is 42.0 Å². The van der Waals surface area contributed by atoms with Gasteiger partial charge in [0.05, 0.1) is 21.3 Å². The predicted molar refractivity (Wildman–Crippen MR) is 93.4 cm³/mol. The molecule has 0 bridgehead atoms. The lowest BCUT2D eigenvalue weighted by atomic mass is 10.1. The van der Waals surface area contributed by atoms with Gasteiger partial charge in [0.15, 0.2) is 5.69 Å². The van der Waals surface area contributed by atoms with Gasteiger partial charge in [0.25, 0.3) is 0 Å². The van der Waals surface area contributed by atoms with Gasteiger partial charge in [-0.2, -0.15) is 18.3 Å². The summed E-state index contributed by atoms with van der Waals surface area (Å²) in [6.07, 6.45) is -4.70. The van der Waals surface area contributed by atoms with Gasteiger partial charge in [0.2, 0.25) is 0 Å². The summed E-state index contributed by atoms with van der Waals surface area (Å²) in [5, 5.41) is 4.44. The quantitative estimate of drug-likeness (QED) is 0.559. The molecule has 0 aliphatic rings. The average Bonchev–Trinajstić information content (AvgIpc) is 2.89. The second-order valence-corrected chi connectivity index (χ2v) is 6.37. The number of aromatic nitrogens is 2. The number of halogens is 6. The Morgan fingerprint density at radius 3 is 2.12 bits per heavy atom. The fourth-order valence-corrected chi connectivity index (χ4v) is 2.77. The van der Waals surface area contributed by atoms with E-state index < -0.39 is 11.9 Å². The van der Waals surface area contributed by atoms with Crippen LogP contribution < -0.4 is 5.73 Å². The number of alkyl halides is 3. The SMILES string of the molecule is Nc1c(-c2ccc(Cl)c(Cl)c2)c(C(F)(F)F)nn1-c1ccc(Cl)cc1. The molecule has 0 radical (unpaired) electrons. The van der Waals surface area contributed by atoms with E-state index in [1.165, 1.54) is 42.5 Å². The summed E-state index contributed by atoms with van der Waals surface area (Å²) in [6.45, 7) is 0. The molecule has 1 heterocycles. The molecule has 3 nitrogen and oxygen atoms in total. The molecule has 3 aromatic rings. The van der Waals surface area contributed by atoms with Gasteiger partial charge in [-0.3, -0.25) is 0 Å². The molecule has 1 aromatic heterocycles. The molecular weight excluding hydrogens is 398 g/mol. The number of hydrogen-bond acceptors (Lipinski definition) is 2. The van der Waals surface area contributed by atoms with Crippen molar-refractivity contribution in [1.29, 1.82) is 0 Å². The molecule has 0 saturated heterocycles. The number of hydrogen-bond donors (Lipinski definition) is 1. The van der Waals surface area contributed by atoms with Gasteiger partial charge in [-0.25, -0.2) is 4.68 Å². The van der Waals surface area contributed by atoms with Crippen LogP contribution in [-0.4, -0.2) is 9.78 Å². The predicted octanol–water partition coefficient (Wildman–Crippen LogP) is 6.10. The smallest absolute Gasteiger partial charge is 0.383 e. The number of nitrogen functional groups attached to an aromatic ring is 1. The van der Waals surface area contributed by atoms with E-state index in [9.17, 15) is 13.2 Å². The number of anilines is 1. The van der Waals surface area contributed by atoms with Crippen molar-refractivity contribution in [1.82, 2.24) is 9.78 Å². The van der Waals surface area contributed by atoms with Crippen LogP contribution in [0.2, 0.25) is 15.1 Å². The third-order valence-electron chi connectivity index (χ3n) is 3.47. The Kier molecular flexibility index (Phi) is 4.62. The van der Waals surface area contributed by atoms with Crippen LogP contribution in [0.15, 0.2) is 42.5 Å². The zero-order valence-corrected chi connectivity index (χ0v) is 14.5. The van der Waals surface area contributed by atoms with E-state index in [4.69, 9.17) is 40.5 Å². The minimum Gasteiger partial charge on any atom is -0.383 e. The molecule has 0 saturated carbocycles. The first kappa shape index (κ1) is 17.9. The first-order valence-corrected chi connectivity index (χ1v) is 7.99. The maximum absolute atomic E-state index is 13.5. The minimum absolute atomic E-state index is 0.117. The first-order chi connectivity index (χ1) is 11.7.